The molecule has 0 atom stereocenters. The summed E-state index contributed by atoms with van der Waals surface area (Å²) in [5.74, 6) is -71.1. The maximum Gasteiger partial charge on any atom is 0.443 e. The van der Waals surface area contributed by atoms with Crippen molar-refractivity contribution < 1.29 is 127 Å². The second kappa shape index (κ2) is 22.7. The van der Waals surface area contributed by atoms with Crippen LogP contribution in [0.4, 0.5) is 87.8 Å². The number of fused-ring (bicyclic) bond motifs is 4. The first-order valence-electron chi connectivity index (χ1n) is 24.8. The van der Waals surface area contributed by atoms with Crippen LogP contribution in [0.5, 0.6) is 0 Å². The van der Waals surface area contributed by atoms with Crippen LogP contribution in [0.3, 0.4) is 0 Å². The number of rotatable bonds is 10. The highest BCUT2D eigenvalue weighted by Crippen LogP contribution is 2.35. The third-order valence-electron chi connectivity index (χ3n) is 14.5. The smallest absolute Gasteiger partial charge is 0.414 e. The molecule has 0 fully saturated rings. The fourth-order valence-electron chi connectivity index (χ4n) is 10.7. The van der Waals surface area contributed by atoms with E-state index in [1.165, 1.54) is 0 Å². The van der Waals surface area contributed by atoms with Gasteiger partial charge in [-0.2, -0.15) is 0 Å². The van der Waals surface area contributed by atoms with E-state index in [0.29, 0.717) is 30.2 Å². The van der Waals surface area contributed by atoms with Gasteiger partial charge in [0.1, 0.15) is 52.7 Å². The number of hydrogen-bond donors (Lipinski definition) is 0. The summed E-state index contributed by atoms with van der Waals surface area (Å²) in [4.78, 5) is 27.7. The molecule has 88 heavy (non-hydrogen) atoms. The van der Waals surface area contributed by atoms with Gasteiger partial charge < -0.3 is 8.83 Å². The summed E-state index contributed by atoms with van der Waals surface area (Å²) in [6.07, 6.45) is -7.22. The number of benzene rings is 10. The Balaban J connectivity index is 0.000000182. The lowest BCUT2D eigenvalue weighted by atomic mass is 9.12. The van der Waals surface area contributed by atoms with Gasteiger partial charge in [-0.15, -0.1) is 21.9 Å². The second-order valence-corrected chi connectivity index (χ2v) is 21.8. The Morgan fingerprint density at radius 3 is 0.705 bits per heavy atom. The summed E-state index contributed by atoms with van der Waals surface area (Å²) >= 11 is -0.900. The van der Waals surface area contributed by atoms with Crippen molar-refractivity contribution in [2.75, 3.05) is 0 Å². The standard InChI is InChI=1S/C38H22IO4.C24BF20/c40-37(35-27-13-5-1-9-23(27)21-24-10-2-6-14-28(24)35)31-17-19-33(42-31)39-34-20-18-32(43-34)38(41)36-29-15-7-3-11-25(29)22-26-12-4-8-16-30(26)36;26-5-1(6(27)14(35)21(42)13(5)34)25(2-7(28)15(36)22(43)16(37)8(2)29,3-9(30)17(38)23(44)18(39)10(3)31)4-11(32)19(40)24(45)20(41)12(4)33/h1-22H;/q+1;-1. The van der Waals surface area contributed by atoms with Crippen molar-refractivity contribution in [2.24, 2.45) is 0 Å². The van der Waals surface area contributed by atoms with Gasteiger partial charge in [0, 0.05) is 23.3 Å². The summed E-state index contributed by atoms with van der Waals surface area (Å²) in [7, 11) is 0. The molecule has 12 rings (SSSR count). The molecule has 0 N–H and O–H groups in total. The molecule has 444 valence electrons. The van der Waals surface area contributed by atoms with Crippen LogP contribution >= 0.6 is 0 Å². The van der Waals surface area contributed by atoms with E-state index in [-0.39, 0.29) is 11.6 Å². The minimum absolute atomic E-state index is 0.151. The topological polar surface area (TPSA) is 60.4 Å². The van der Waals surface area contributed by atoms with Crippen LogP contribution in [-0.2, 0) is 0 Å². The van der Waals surface area contributed by atoms with Gasteiger partial charge in [-0.3, -0.25) is 9.59 Å². The molecule has 26 heteroatoms. The summed E-state index contributed by atoms with van der Waals surface area (Å²) < 4.78 is 308. The van der Waals surface area contributed by atoms with Gasteiger partial charge in [0.15, 0.2) is 81.3 Å². The summed E-state index contributed by atoms with van der Waals surface area (Å²) in [6.45, 7) is 0. The van der Waals surface area contributed by atoms with Gasteiger partial charge in [-0.05, 0) is 67.4 Å². The van der Waals surface area contributed by atoms with Gasteiger partial charge in [0.25, 0.3) is 0 Å². The average Bonchev–Trinajstić information content (AvgIpc) is 1.46. The minimum Gasteiger partial charge on any atom is -0.414 e. The van der Waals surface area contributed by atoms with Crippen molar-refractivity contribution in [2.45, 2.75) is 0 Å². The van der Waals surface area contributed by atoms with E-state index in [9.17, 15) is 62.3 Å². The quantitative estimate of drug-likeness (QED) is 0.0260. The number of carbonyl (C=O) groups excluding carboxylic acids is 2. The van der Waals surface area contributed by atoms with Crippen LogP contribution in [0.1, 0.15) is 32.2 Å². The molecule has 0 aliphatic rings. The average molecular weight is 1350 g/mol. The van der Waals surface area contributed by atoms with Crippen LogP contribution in [0.25, 0.3) is 43.1 Å². The highest BCUT2D eigenvalue weighted by molar-refractivity contribution is 7.20. The highest BCUT2D eigenvalue weighted by Gasteiger charge is 2.52. The first kappa shape index (κ1) is 60.2. The zero-order chi connectivity index (χ0) is 63.3. The number of halogens is 21. The molecule has 0 aliphatic heterocycles. The maximum atomic E-state index is 15.4. The van der Waals surface area contributed by atoms with Gasteiger partial charge in [-0.1, -0.05) is 97.1 Å². The van der Waals surface area contributed by atoms with Gasteiger partial charge in [0.2, 0.25) is 11.6 Å². The van der Waals surface area contributed by atoms with Crippen molar-refractivity contribution in [1.82, 2.24) is 0 Å². The van der Waals surface area contributed by atoms with E-state index in [4.69, 9.17) is 8.83 Å². The molecular weight excluding hydrogens is 1330 g/mol. The van der Waals surface area contributed by atoms with Crippen molar-refractivity contribution in [3.05, 3.63) is 280 Å². The van der Waals surface area contributed by atoms with Crippen LogP contribution in [-0.4, -0.2) is 17.7 Å². The molecule has 4 nitrogen and oxygen atoms in total. The lowest BCUT2D eigenvalue weighted by Gasteiger charge is -2.44. The number of ketones is 2. The third kappa shape index (κ3) is 9.31. The molecule has 10 aromatic carbocycles. The van der Waals surface area contributed by atoms with E-state index >= 15 is 35.1 Å². The summed E-state index contributed by atoms with van der Waals surface area (Å²) in [5, 5.41) is 7.63. The fourth-order valence-corrected chi connectivity index (χ4v) is 12.6. The normalized spacial score (nSPS) is 11.8. The molecule has 0 spiro atoms. The molecule has 0 saturated heterocycles. The zero-order valence-corrected chi connectivity index (χ0v) is 45.0. The number of hydrogen-bond acceptors (Lipinski definition) is 4. The van der Waals surface area contributed by atoms with Gasteiger partial charge in [0.05, 0.1) is 0 Å². The van der Waals surface area contributed by atoms with Gasteiger partial charge >= 0.3 is 28.7 Å². The Morgan fingerprint density at radius 2 is 0.477 bits per heavy atom. The Kier molecular flexibility index (Phi) is 15.5. The molecular formula is C62H22BF20IO4. The molecule has 0 aliphatic carbocycles. The van der Waals surface area contributed by atoms with Crippen LogP contribution in [0.15, 0.2) is 142 Å². The van der Waals surface area contributed by atoms with Crippen LogP contribution < -0.4 is 43.1 Å². The Bertz CT molecular complexity index is 4310. The lowest BCUT2D eigenvalue weighted by molar-refractivity contribution is -0.636. The van der Waals surface area contributed by atoms with Crippen molar-refractivity contribution in [1.29, 1.82) is 0 Å². The zero-order valence-electron chi connectivity index (χ0n) is 42.8. The Labute approximate surface area is 488 Å². The van der Waals surface area contributed by atoms with Crippen molar-refractivity contribution in [3.8, 4) is 0 Å². The molecule has 0 amide bonds. The van der Waals surface area contributed by atoms with E-state index < -0.39 is 166 Å². The molecule has 12 aromatic rings. The second-order valence-electron chi connectivity index (χ2n) is 19.1. The lowest BCUT2D eigenvalue weighted by Crippen LogP contribution is -3.61. The monoisotopic (exact) mass is 1350 g/mol. The summed E-state index contributed by atoms with van der Waals surface area (Å²) in [5.41, 5.74) is -13.0. The largest absolute Gasteiger partial charge is 0.443 e. The molecule has 2 aromatic heterocycles. The number of carbonyl (C=O) groups is 2. The van der Waals surface area contributed by atoms with Crippen LogP contribution in [0, 0.1) is 124 Å². The Hall–Kier alpha value is -9.47. The van der Waals surface area contributed by atoms with Crippen molar-refractivity contribution >= 4 is 82.7 Å². The molecule has 2 heterocycles. The first-order valence-corrected chi connectivity index (χ1v) is 27.0. The minimum atomic E-state index is -7.22. The highest BCUT2D eigenvalue weighted by atomic mass is 127. The predicted molar refractivity (Wildman–Crippen MR) is 274 cm³/mol. The third-order valence-corrected chi connectivity index (χ3v) is 16.7. The van der Waals surface area contributed by atoms with E-state index in [1.54, 1.807) is 12.1 Å². The predicted octanol–water partition coefficient (Wildman–Crippen LogP) is 11.9. The Morgan fingerprint density at radius 1 is 0.273 bits per heavy atom. The maximum absolute atomic E-state index is 15.4. The van der Waals surface area contributed by atoms with E-state index in [1.807, 2.05) is 109 Å². The summed E-state index contributed by atoms with van der Waals surface area (Å²) in [6, 6.07) is 43.1. The van der Waals surface area contributed by atoms with Gasteiger partial charge in [-0.25, -0.2) is 87.8 Å². The van der Waals surface area contributed by atoms with Crippen LogP contribution in [0.2, 0.25) is 0 Å². The first-order chi connectivity index (χ1) is 41.8. The molecule has 0 radical (unpaired) electrons. The van der Waals surface area contributed by atoms with E-state index in [0.717, 1.165) is 43.1 Å². The van der Waals surface area contributed by atoms with E-state index in [2.05, 4.69) is 12.1 Å². The molecule has 0 unspecified atom stereocenters. The fraction of sp³-hybridized carbons (Fsp3) is 0. The molecule has 0 saturated carbocycles. The SMILES string of the molecule is Fc1c(F)c(F)c([B-](c2c(F)c(F)c(F)c(F)c2F)(c2c(F)c(F)c(F)c(F)c2F)c2c(F)c(F)c(F)c(F)c2F)c(F)c1F.O=C(c1ccc([I+]c2ccc(C(=O)c3c4ccccc4cc4ccccc34)o2)o1)c1c2ccccc2cc2ccccc12. The molecule has 0 bridgehead atoms. The van der Waals surface area contributed by atoms with Crippen molar-refractivity contribution in [3.63, 3.8) is 0 Å². The number of furan rings is 2.